The van der Waals surface area contributed by atoms with Crippen molar-refractivity contribution in [3.05, 3.63) is 48.6 Å². The van der Waals surface area contributed by atoms with Crippen LogP contribution in [-0.2, 0) is 9.53 Å². The fraction of sp³-hybridized carbons (Fsp3) is 0.438. The van der Waals surface area contributed by atoms with Gasteiger partial charge in [0, 0.05) is 13.0 Å². The molecule has 0 spiro atoms. The summed E-state index contributed by atoms with van der Waals surface area (Å²) in [6.45, 7) is 3.93. The lowest BCUT2D eigenvalue weighted by molar-refractivity contribution is -0.147. The summed E-state index contributed by atoms with van der Waals surface area (Å²) in [5.74, 6) is -0.197. The molecule has 0 aromatic heterocycles. The van der Waals surface area contributed by atoms with Gasteiger partial charge in [-0.25, -0.2) is 0 Å². The first-order chi connectivity index (χ1) is 9.27. The maximum absolute atomic E-state index is 11.7. The number of ether oxygens (including phenoxy) is 1. The van der Waals surface area contributed by atoms with E-state index in [4.69, 9.17) is 9.84 Å². The van der Waals surface area contributed by atoms with Crippen molar-refractivity contribution in [3.63, 3.8) is 0 Å². The Kier molecular flexibility index (Phi) is 7.59. The zero-order chi connectivity index (χ0) is 13.9. The third-order valence-electron chi connectivity index (χ3n) is 2.89. The van der Waals surface area contributed by atoms with Gasteiger partial charge in [-0.2, -0.15) is 0 Å². The fourth-order valence-electron chi connectivity index (χ4n) is 1.83. The standard InChI is InChI=1S/C16H22O3/c1-2-15(14-10-6-5-7-11-14)19-16(18)12-8-3-4-9-13-17/h2,5-7,10-11,15,17H,1,3-4,8-9,12-13H2. The second-order valence-corrected chi connectivity index (χ2v) is 4.44. The Labute approximate surface area is 114 Å². The predicted octanol–water partition coefficient (Wildman–Crippen LogP) is 3.40. The van der Waals surface area contributed by atoms with Gasteiger partial charge in [0.05, 0.1) is 0 Å². The highest BCUT2D eigenvalue weighted by molar-refractivity contribution is 5.69. The van der Waals surface area contributed by atoms with Crippen LogP contribution in [0.25, 0.3) is 0 Å². The highest BCUT2D eigenvalue weighted by Gasteiger charge is 2.12. The number of hydrogen-bond donors (Lipinski definition) is 1. The molecule has 104 valence electrons. The van der Waals surface area contributed by atoms with Gasteiger partial charge in [-0.05, 0) is 24.5 Å². The number of rotatable bonds is 9. The van der Waals surface area contributed by atoms with Gasteiger partial charge in [0.25, 0.3) is 0 Å². The van der Waals surface area contributed by atoms with Crippen LogP contribution >= 0.6 is 0 Å². The van der Waals surface area contributed by atoms with Crippen molar-refractivity contribution < 1.29 is 14.6 Å². The average molecular weight is 262 g/mol. The Hall–Kier alpha value is -1.61. The molecule has 0 fully saturated rings. The molecule has 1 unspecified atom stereocenters. The molecule has 0 aliphatic heterocycles. The van der Waals surface area contributed by atoms with Crippen molar-refractivity contribution >= 4 is 5.97 Å². The van der Waals surface area contributed by atoms with Crippen LogP contribution in [0.3, 0.4) is 0 Å². The van der Waals surface area contributed by atoms with Crippen LogP contribution in [0.5, 0.6) is 0 Å². The Morgan fingerprint density at radius 3 is 2.53 bits per heavy atom. The number of carbonyl (C=O) groups excluding carboxylic acids is 1. The largest absolute Gasteiger partial charge is 0.453 e. The topological polar surface area (TPSA) is 46.5 Å². The highest BCUT2D eigenvalue weighted by Crippen LogP contribution is 2.19. The van der Waals surface area contributed by atoms with Crippen molar-refractivity contribution in [1.29, 1.82) is 0 Å². The summed E-state index contributed by atoms with van der Waals surface area (Å²) < 4.78 is 5.39. The summed E-state index contributed by atoms with van der Waals surface area (Å²) in [6, 6.07) is 9.58. The van der Waals surface area contributed by atoms with Crippen molar-refractivity contribution in [1.82, 2.24) is 0 Å². The SMILES string of the molecule is C=CC(OC(=O)CCCCCCO)c1ccccc1. The minimum absolute atomic E-state index is 0.197. The summed E-state index contributed by atoms with van der Waals surface area (Å²) in [6.07, 6.45) is 5.19. The molecular formula is C16H22O3. The molecule has 0 radical (unpaired) electrons. The van der Waals surface area contributed by atoms with Gasteiger partial charge in [-0.15, -0.1) is 0 Å². The number of aliphatic hydroxyl groups excluding tert-OH is 1. The first kappa shape index (κ1) is 15.4. The first-order valence-electron chi connectivity index (χ1n) is 6.75. The molecule has 3 heteroatoms. The van der Waals surface area contributed by atoms with E-state index in [1.807, 2.05) is 30.3 Å². The molecule has 1 aromatic rings. The lowest BCUT2D eigenvalue weighted by Crippen LogP contribution is -2.09. The molecule has 1 N–H and O–H groups in total. The minimum atomic E-state index is -0.369. The second-order valence-electron chi connectivity index (χ2n) is 4.44. The van der Waals surface area contributed by atoms with Crippen molar-refractivity contribution in [2.24, 2.45) is 0 Å². The molecule has 3 nitrogen and oxygen atoms in total. The Morgan fingerprint density at radius 2 is 1.89 bits per heavy atom. The maximum Gasteiger partial charge on any atom is 0.306 e. The molecule has 1 rings (SSSR count). The summed E-state index contributed by atoms with van der Waals surface area (Å²) in [5.41, 5.74) is 0.936. The molecule has 0 saturated heterocycles. The first-order valence-corrected chi connectivity index (χ1v) is 6.75. The normalized spacial score (nSPS) is 11.8. The lowest BCUT2D eigenvalue weighted by atomic mass is 10.1. The van der Waals surface area contributed by atoms with E-state index >= 15 is 0 Å². The second kappa shape index (κ2) is 9.34. The monoisotopic (exact) mass is 262 g/mol. The van der Waals surface area contributed by atoms with Crippen LogP contribution in [0.4, 0.5) is 0 Å². The van der Waals surface area contributed by atoms with Crippen LogP contribution in [0, 0.1) is 0 Å². The van der Waals surface area contributed by atoms with E-state index < -0.39 is 0 Å². The van der Waals surface area contributed by atoms with E-state index in [-0.39, 0.29) is 18.7 Å². The molecule has 0 saturated carbocycles. The molecule has 0 bridgehead atoms. The molecule has 1 atom stereocenters. The fourth-order valence-corrected chi connectivity index (χ4v) is 1.83. The number of aliphatic hydroxyl groups is 1. The van der Waals surface area contributed by atoms with E-state index in [9.17, 15) is 4.79 Å². The van der Waals surface area contributed by atoms with Crippen LogP contribution in [0.15, 0.2) is 43.0 Å². The molecule has 0 heterocycles. The number of benzene rings is 1. The van der Waals surface area contributed by atoms with Crippen LogP contribution in [0.2, 0.25) is 0 Å². The van der Waals surface area contributed by atoms with E-state index in [0.29, 0.717) is 6.42 Å². The van der Waals surface area contributed by atoms with Gasteiger partial charge < -0.3 is 9.84 Å². The molecule has 0 aliphatic rings. The molecular weight excluding hydrogens is 240 g/mol. The van der Waals surface area contributed by atoms with Gasteiger partial charge in [0.2, 0.25) is 0 Å². The van der Waals surface area contributed by atoms with Crippen LogP contribution in [-0.4, -0.2) is 17.7 Å². The smallest absolute Gasteiger partial charge is 0.306 e. The number of hydrogen-bond acceptors (Lipinski definition) is 3. The van der Waals surface area contributed by atoms with E-state index in [2.05, 4.69) is 6.58 Å². The minimum Gasteiger partial charge on any atom is -0.453 e. The Bertz CT molecular complexity index is 373. The zero-order valence-corrected chi connectivity index (χ0v) is 11.3. The summed E-state index contributed by atoms with van der Waals surface area (Å²) in [7, 11) is 0. The number of carbonyl (C=O) groups is 1. The van der Waals surface area contributed by atoms with Gasteiger partial charge in [0.1, 0.15) is 6.10 Å². The van der Waals surface area contributed by atoms with Crippen molar-refractivity contribution in [2.75, 3.05) is 6.61 Å². The Balaban J connectivity index is 2.32. The van der Waals surface area contributed by atoms with Gasteiger partial charge >= 0.3 is 5.97 Å². The lowest BCUT2D eigenvalue weighted by Gasteiger charge is -2.14. The van der Waals surface area contributed by atoms with Crippen molar-refractivity contribution in [2.45, 2.75) is 38.2 Å². The van der Waals surface area contributed by atoms with Crippen molar-refractivity contribution in [3.8, 4) is 0 Å². The van der Waals surface area contributed by atoms with Crippen LogP contribution < -0.4 is 0 Å². The quantitative estimate of drug-likeness (QED) is 0.421. The predicted molar refractivity (Wildman–Crippen MR) is 75.6 cm³/mol. The van der Waals surface area contributed by atoms with Gasteiger partial charge in [-0.3, -0.25) is 4.79 Å². The summed E-state index contributed by atoms with van der Waals surface area (Å²) >= 11 is 0. The Morgan fingerprint density at radius 1 is 1.21 bits per heavy atom. The number of esters is 1. The maximum atomic E-state index is 11.7. The molecule has 0 aliphatic carbocycles. The third kappa shape index (κ3) is 6.20. The molecule has 19 heavy (non-hydrogen) atoms. The highest BCUT2D eigenvalue weighted by atomic mass is 16.5. The van der Waals surface area contributed by atoms with E-state index in [0.717, 1.165) is 31.2 Å². The van der Waals surface area contributed by atoms with Crippen LogP contribution in [0.1, 0.15) is 43.8 Å². The third-order valence-corrected chi connectivity index (χ3v) is 2.89. The van der Waals surface area contributed by atoms with Gasteiger partial charge in [-0.1, -0.05) is 49.8 Å². The summed E-state index contributed by atoms with van der Waals surface area (Å²) in [4.78, 5) is 11.7. The molecule has 0 amide bonds. The van der Waals surface area contributed by atoms with E-state index in [1.165, 1.54) is 0 Å². The number of unbranched alkanes of at least 4 members (excludes halogenated alkanes) is 3. The average Bonchev–Trinajstić information content (AvgIpc) is 2.45. The summed E-state index contributed by atoms with van der Waals surface area (Å²) in [5, 5.41) is 8.65. The zero-order valence-electron chi connectivity index (χ0n) is 11.3. The molecule has 1 aromatic carbocycles. The van der Waals surface area contributed by atoms with E-state index in [1.54, 1.807) is 6.08 Å². The van der Waals surface area contributed by atoms with Gasteiger partial charge in [0.15, 0.2) is 0 Å².